The number of rotatable bonds is 4. The molecular formula is C17H19ClN2O2. The van der Waals surface area contributed by atoms with Crippen LogP contribution in [-0.4, -0.2) is 23.6 Å². The van der Waals surface area contributed by atoms with E-state index in [1.54, 1.807) is 19.2 Å². The van der Waals surface area contributed by atoms with Crippen LogP contribution in [0, 0.1) is 0 Å². The summed E-state index contributed by atoms with van der Waals surface area (Å²) in [7, 11) is 1.56. The molecule has 1 fully saturated rings. The maximum atomic E-state index is 12.5. The Morgan fingerprint density at radius 3 is 2.59 bits per heavy atom. The van der Waals surface area contributed by atoms with Crippen LogP contribution in [0.25, 0.3) is 5.69 Å². The maximum absolute atomic E-state index is 12.5. The first-order valence-corrected chi connectivity index (χ1v) is 7.88. The second-order valence-corrected chi connectivity index (χ2v) is 5.96. The van der Waals surface area contributed by atoms with Crippen LogP contribution < -0.4 is 10.1 Å². The first-order chi connectivity index (χ1) is 10.7. The van der Waals surface area contributed by atoms with Crippen molar-refractivity contribution in [3.05, 3.63) is 47.2 Å². The molecule has 0 unspecified atom stereocenters. The molecule has 4 nitrogen and oxygen atoms in total. The molecule has 3 rings (SSSR count). The SMILES string of the molecule is COc1cc(-n2cccc2)c(Cl)cc1C(=O)NC1CCCC1. The normalized spacial score (nSPS) is 15.0. The van der Waals surface area contributed by atoms with Crippen molar-refractivity contribution in [2.24, 2.45) is 0 Å². The van der Waals surface area contributed by atoms with Gasteiger partial charge in [0.05, 0.1) is 23.4 Å². The highest BCUT2D eigenvalue weighted by atomic mass is 35.5. The van der Waals surface area contributed by atoms with Gasteiger partial charge < -0.3 is 14.6 Å². The number of hydrogen-bond donors (Lipinski definition) is 1. The summed E-state index contributed by atoms with van der Waals surface area (Å²) in [6, 6.07) is 7.58. The van der Waals surface area contributed by atoms with E-state index in [-0.39, 0.29) is 11.9 Å². The molecule has 22 heavy (non-hydrogen) atoms. The van der Waals surface area contributed by atoms with E-state index in [2.05, 4.69) is 5.32 Å². The number of nitrogens with one attached hydrogen (secondary N) is 1. The highest BCUT2D eigenvalue weighted by Crippen LogP contribution is 2.30. The van der Waals surface area contributed by atoms with Crippen LogP contribution >= 0.6 is 11.6 Å². The van der Waals surface area contributed by atoms with Gasteiger partial charge in [-0.3, -0.25) is 4.79 Å². The summed E-state index contributed by atoms with van der Waals surface area (Å²) in [5.74, 6) is 0.410. The number of benzene rings is 1. The minimum Gasteiger partial charge on any atom is -0.496 e. The molecule has 1 heterocycles. The summed E-state index contributed by atoms with van der Waals surface area (Å²) < 4.78 is 7.28. The van der Waals surface area contributed by atoms with E-state index in [9.17, 15) is 4.79 Å². The Kier molecular flexibility index (Phi) is 4.39. The van der Waals surface area contributed by atoms with Crippen LogP contribution in [0.4, 0.5) is 0 Å². The van der Waals surface area contributed by atoms with Crippen molar-refractivity contribution in [3.63, 3.8) is 0 Å². The van der Waals surface area contributed by atoms with Gasteiger partial charge in [0.2, 0.25) is 0 Å². The first kappa shape index (κ1) is 15.0. The molecule has 0 bridgehead atoms. The Morgan fingerprint density at radius 1 is 1.27 bits per heavy atom. The first-order valence-electron chi connectivity index (χ1n) is 7.51. The molecule has 2 aromatic rings. The smallest absolute Gasteiger partial charge is 0.255 e. The second kappa shape index (κ2) is 6.44. The zero-order valence-corrected chi connectivity index (χ0v) is 13.3. The van der Waals surface area contributed by atoms with E-state index in [4.69, 9.17) is 16.3 Å². The number of methoxy groups -OCH3 is 1. The topological polar surface area (TPSA) is 43.3 Å². The standard InChI is InChI=1S/C17H19ClN2O2/c1-22-16-11-15(20-8-4-5-9-20)14(18)10-13(16)17(21)19-12-6-2-3-7-12/h4-5,8-12H,2-3,6-7H2,1H3,(H,19,21). The van der Waals surface area contributed by atoms with E-state index in [0.29, 0.717) is 16.3 Å². The molecule has 1 aliphatic carbocycles. The minimum atomic E-state index is -0.121. The number of carbonyl (C=O) groups is 1. The lowest BCUT2D eigenvalue weighted by atomic mass is 10.1. The fourth-order valence-electron chi connectivity index (χ4n) is 2.92. The lowest BCUT2D eigenvalue weighted by molar-refractivity contribution is 0.0935. The van der Waals surface area contributed by atoms with Crippen molar-refractivity contribution < 1.29 is 9.53 Å². The van der Waals surface area contributed by atoms with Crippen LogP contribution in [0.15, 0.2) is 36.7 Å². The molecule has 0 atom stereocenters. The van der Waals surface area contributed by atoms with Crippen LogP contribution in [0.1, 0.15) is 36.0 Å². The number of nitrogens with zero attached hydrogens (tertiary/aromatic N) is 1. The van der Waals surface area contributed by atoms with Crippen LogP contribution in [0.2, 0.25) is 5.02 Å². The fourth-order valence-corrected chi connectivity index (χ4v) is 3.18. The molecule has 1 aromatic heterocycles. The molecule has 116 valence electrons. The highest BCUT2D eigenvalue weighted by molar-refractivity contribution is 6.33. The average molecular weight is 319 g/mol. The lowest BCUT2D eigenvalue weighted by Gasteiger charge is -2.16. The van der Waals surface area contributed by atoms with Gasteiger partial charge in [0, 0.05) is 24.5 Å². The van der Waals surface area contributed by atoms with Gasteiger partial charge >= 0.3 is 0 Å². The predicted molar refractivity (Wildman–Crippen MR) is 87.1 cm³/mol. The predicted octanol–water partition coefficient (Wildman–Crippen LogP) is 3.81. The van der Waals surface area contributed by atoms with Crippen molar-refractivity contribution in [3.8, 4) is 11.4 Å². The summed E-state index contributed by atoms with van der Waals surface area (Å²) in [6.45, 7) is 0. The van der Waals surface area contributed by atoms with Crippen molar-refractivity contribution >= 4 is 17.5 Å². The third-order valence-electron chi connectivity index (χ3n) is 4.09. The number of ether oxygens (including phenoxy) is 1. The van der Waals surface area contributed by atoms with Crippen LogP contribution in [0.3, 0.4) is 0 Å². The van der Waals surface area contributed by atoms with Gasteiger partial charge in [-0.2, -0.15) is 0 Å². The molecule has 0 aliphatic heterocycles. The van der Waals surface area contributed by atoms with Crippen molar-refractivity contribution in [2.75, 3.05) is 7.11 Å². The molecule has 0 radical (unpaired) electrons. The molecule has 1 amide bonds. The summed E-state index contributed by atoms with van der Waals surface area (Å²) in [6.07, 6.45) is 8.25. The zero-order chi connectivity index (χ0) is 15.5. The van der Waals surface area contributed by atoms with E-state index < -0.39 is 0 Å². The number of halogens is 1. The molecular weight excluding hydrogens is 300 g/mol. The third-order valence-corrected chi connectivity index (χ3v) is 4.39. The summed E-state index contributed by atoms with van der Waals surface area (Å²) >= 11 is 6.35. The molecule has 1 N–H and O–H groups in total. The average Bonchev–Trinajstić information content (AvgIpc) is 3.20. The van der Waals surface area contributed by atoms with Crippen molar-refractivity contribution in [1.29, 1.82) is 0 Å². The number of carbonyl (C=O) groups excluding carboxylic acids is 1. The zero-order valence-electron chi connectivity index (χ0n) is 12.5. The molecule has 0 spiro atoms. The van der Waals surface area contributed by atoms with Crippen LogP contribution in [-0.2, 0) is 0 Å². The van der Waals surface area contributed by atoms with E-state index in [1.807, 2.05) is 29.1 Å². The van der Waals surface area contributed by atoms with Gasteiger partial charge in [0.1, 0.15) is 5.75 Å². The Bertz CT molecular complexity index is 662. The number of hydrogen-bond acceptors (Lipinski definition) is 2. The van der Waals surface area contributed by atoms with Crippen LogP contribution in [0.5, 0.6) is 5.75 Å². The maximum Gasteiger partial charge on any atom is 0.255 e. The molecule has 1 saturated carbocycles. The van der Waals surface area contributed by atoms with Gasteiger partial charge in [-0.15, -0.1) is 0 Å². The summed E-state index contributed by atoms with van der Waals surface area (Å²) in [5, 5.41) is 3.59. The Balaban J connectivity index is 1.90. The van der Waals surface area contributed by atoms with E-state index in [0.717, 1.165) is 18.5 Å². The second-order valence-electron chi connectivity index (χ2n) is 5.55. The van der Waals surface area contributed by atoms with Gasteiger partial charge in [0.15, 0.2) is 0 Å². The summed E-state index contributed by atoms with van der Waals surface area (Å²) in [4.78, 5) is 12.5. The van der Waals surface area contributed by atoms with E-state index in [1.165, 1.54) is 12.8 Å². The number of amides is 1. The quantitative estimate of drug-likeness (QED) is 0.931. The Hall–Kier alpha value is -1.94. The summed E-state index contributed by atoms with van der Waals surface area (Å²) in [5.41, 5.74) is 1.27. The molecule has 1 aliphatic rings. The minimum absolute atomic E-state index is 0.121. The molecule has 1 aromatic carbocycles. The monoisotopic (exact) mass is 318 g/mol. The van der Waals surface area contributed by atoms with Gasteiger partial charge in [-0.05, 0) is 31.0 Å². The van der Waals surface area contributed by atoms with E-state index >= 15 is 0 Å². The largest absolute Gasteiger partial charge is 0.496 e. The third kappa shape index (κ3) is 2.97. The van der Waals surface area contributed by atoms with Gasteiger partial charge in [0.25, 0.3) is 5.91 Å². The van der Waals surface area contributed by atoms with Crippen molar-refractivity contribution in [2.45, 2.75) is 31.7 Å². The number of aromatic nitrogens is 1. The Morgan fingerprint density at radius 2 is 1.95 bits per heavy atom. The Labute approximate surface area is 135 Å². The van der Waals surface area contributed by atoms with Gasteiger partial charge in [-0.1, -0.05) is 24.4 Å². The molecule has 5 heteroatoms. The van der Waals surface area contributed by atoms with Gasteiger partial charge in [-0.25, -0.2) is 0 Å². The van der Waals surface area contributed by atoms with Crippen molar-refractivity contribution in [1.82, 2.24) is 9.88 Å². The lowest BCUT2D eigenvalue weighted by Crippen LogP contribution is -2.32. The molecule has 0 saturated heterocycles. The fraction of sp³-hybridized carbons (Fsp3) is 0.353. The highest BCUT2D eigenvalue weighted by Gasteiger charge is 2.21.